The molecule has 2 aliphatic carbocycles. The van der Waals surface area contributed by atoms with Crippen molar-refractivity contribution < 1.29 is 32.8 Å². The minimum Gasteiger partial charge on any atom is -0.392 e. The number of benzene rings is 1. The normalized spacial score (nSPS) is 28.8. The van der Waals surface area contributed by atoms with Gasteiger partial charge in [0.05, 0.1) is 43.0 Å². The molecule has 1 aliphatic heterocycles. The fourth-order valence-electron chi connectivity index (χ4n) is 7.27. The predicted molar refractivity (Wildman–Crippen MR) is 160 cm³/mol. The third-order valence-electron chi connectivity index (χ3n) is 9.63. The van der Waals surface area contributed by atoms with Crippen LogP contribution in [0.3, 0.4) is 0 Å². The topological polar surface area (TPSA) is 139 Å². The first kappa shape index (κ1) is 31.1. The number of carbonyl (C=O) groups excluding carboxylic acids is 2. The molecule has 2 fully saturated rings. The van der Waals surface area contributed by atoms with Crippen LogP contribution in [0.25, 0.3) is 0 Å². The maximum absolute atomic E-state index is 13.1. The number of rotatable bonds is 9. The van der Waals surface area contributed by atoms with E-state index in [4.69, 9.17) is 9.72 Å². The highest BCUT2D eigenvalue weighted by atomic mass is 32.2. The van der Waals surface area contributed by atoms with E-state index in [1.807, 2.05) is 6.92 Å². The van der Waals surface area contributed by atoms with Crippen molar-refractivity contribution in [3.8, 4) is 0 Å². The highest BCUT2D eigenvalue weighted by molar-refractivity contribution is 7.92. The van der Waals surface area contributed by atoms with E-state index < -0.39 is 27.6 Å². The molecular formula is C30H43N4O6S2+. The fourth-order valence-corrected chi connectivity index (χ4v) is 9.70. The Kier molecular flexibility index (Phi) is 9.39. The number of aliphatic hydroxyl groups excluding tert-OH is 1. The van der Waals surface area contributed by atoms with Crippen LogP contribution in [0.5, 0.6) is 0 Å². The average Bonchev–Trinajstić information content (AvgIpc) is 3.35. The van der Waals surface area contributed by atoms with Crippen LogP contribution in [-0.4, -0.2) is 81.6 Å². The number of thiazole rings is 1. The second-order valence-electron chi connectivity index (χ2n) is 12.5. The Hall–Kier alpha value is -2.38. The lowest BCUT2D eigenvalue weighted by atomic mass is 9.53. The van der Waals surface area contributed by atoms with E-state index in [1.165, 1.54) is 28.4 Å². The van der Waals surface area contributed by atoms with E-state index in [2.05, 4.69) is 24.5 Å². The minimum absolute atomic E-state index is 0.0106. The predicted octanol–water partition coefficient (Wildman–Crippen LogP) is 1.28. The maximum atomic E-state index is 13.1. The highest BCUT2D eigenvalue weighted by Crippen LogP contribution is 2.57. The molecule has 12 heteroatoms. The molecule has 5 rings (SSSR count). The molecule has 1 aromatic heterocycles. The maximum Gasteiger partial charge on any atom is 0.241 e. The second kappa shape index (κ2) is 12.7. The molecule has 2 amide bonds. The first-order valence-corrected chi connectivity index (χ1v) is 17.4. The van der Waals surface area contributed by atoms with Crippen LogP contribution in [0.15, 0.2) is 35.2 Å². The fraction of sp³-hybridized carbons (Fsp3) is 0.633. The van der Waals surface area contributed by atoms with Gasteiger partial charge in [0.25, 0.3) is 0 Å². The van der Waals surface area contributed by atoms with Gasteiger partial charge < -0.3 is 25.4 Å². The summed E-state index contributed by atoms with van der Waals surface area (Å²) in [5.74, 6) is -1.92. The lowest BCUT2D eigenvalue weighted by Crippen LogP contribution is -3.14. The number of nitrogens with zero attached hydrogens (tertiary/aromatic N) is 1. The van der Waals surface area contributed by atoms with Gasteiger partial charge in [-0.2, -0.15) is 0 Å². The molecule has 42 heavy (non-hydrogen) atoms. The molecule has 0 bridgehead atoms. The molecule has 2 aromatic rings. The van der Waals surface area contributed by atoms with Crippen LogP contribution >= 0.6 is 11.3 Å². The average molecular weight is 620 g/mol. The Morgan fingerprint density at radius 2 is 1.95 bits per heavy atom. The van der Waals surface area contributed by atoms with Crippen molar-refractivity contribution in [2.75, 3.05) is 50.5 Å². The summed E-state index contributed by atoms with van der Waals surface area (Å²) in [4.78, 5) is 33.1. The molecule has 230 valence electrons. The van der Waals surface area contributed by atoms with Gasteiger partial charge in [-0.1, -0.05) is 39.0 Å². The lowest BCUT2D eigenvalue weighted by molar-refractivity contribution is -0.906. The number of quaternary nitrogens is 1. The molecule has 3 aliphatic rings. The van der Waals surface area contributed by atoms with Crippen molar-refractivity contribution in [3.05, 3.63) is 40.9 Å². The highest BCUT2D eigenvalue weighted by Gasteiger charge is 2.54. The van der Waals surface area contributed by atoms with E-state index in [0.717, 1.165) is 62.7 Å². The number of morpholine rings is 1. The Morgan fingerprint density at radius 3 is 2.67 bits per heavy atom. The number of anilines is 1. The monoisotopic (exact) mass is 619 g/mol. The Labute approximate surface area is 252 Å². The number of aliphatic hydroxyl groups is 1. The smallest absolute Gasteiger partial charge is 0.241 e. The van der Waals surface area contributed by atoms with E-state index in [-0.39, 0.29) is 39.9 Å². The third kappa shape index (κ3) is 6.57. The first-order valence-electron chi connectivity index (χ1n) is 14.9. The quantitative estimate of drug-likeness (QED) is 0.332. The van der Waals surface area contributed by atoms with Gasteiger partial charge in [-0.25, -0.2) is 13.4 Å². The molecule has 10 nitrogen and oxygen atoms in total. The Bertz CT molecular complexity index is 1380. The second-order valence-corrected chi connectivity index (χ2v) is 15.6. The number of amides is 2. The van der Waals surface area contributed by atoms with Crippen LogP contribution < -0.4 is 15.5 Å². The molecular weight excluding hydrogens is 576 g/mol. The number of ether oxygens (including phenoxy) is 1. The molecule has 0 unspecified atom stereocenters. The number of aromatic nitrogens is 1. The summed E-state index contributed by atoms with van der Waals surface area (Å²) in [7, 11) is -3.77. The molecule has 2 heterocycles. The number of hydrogen-bond acceptors (Lipinski definition) is 8. The summed E-state index contributed by atoms with van der Waals surface area (Å²) in [5, 5.41) is 17.9. The first-order chi connectivity index (χ1) is 20.0. The molecule has 0 spiro atoms. The van der Waals surface area contributed by atoms with Gasteiger partial charge in [0.2, 0.25) is 11.8 Å². The summed E-state index contributed by atoms with van der Waals surface area (Å²) in [6, 6.07) is 7.93. The SMILES string of the molecule is C[C@H](C(=O)NCC[NH+]1CCOCC1)[C@H]1CC[C@]2(C)Cc3sc(NC(=O)CS(=O)(=O)c4ccccc4)nc3[C@@H](C)[C@@H]2[C@H]1O. The van der Waals surface area contributed by atoms with E-state index in [0.29, 0.717) is 11.7 Å². The van der Waals surface area contributed by atoms with Crippen molar-refractivity contribution in [2.24, 2.45) is 23.2 Å². The van der Waals surface area contributed by atoms with Gasteiger partial charge in [-0.15, -0.1) is 11.3 Å². The molecule has 6 atom stereocenters. The van der Waals surface area contributed by atoms with Crippen LogP contribution in [0.4, 0.5) is 5.13 Å². The van der Waals surface area contributed by atoms with Crippen molar-refractivity contribution >= 4 is 38.1 Å². The molecule has 1 aromatic carbocycles. The van der Waals surface area contributed by atoms with Crippen LogP contribution in [0, 0.1) is 23.2 Å². The van der Waals surface area contributed by atoms with Crippen molar-refractivity contribution in [1.29, 1.82) is 0 Å². The molecule has 1 saturated carbocycles. The van der Waals surface area contributed by atoms with E-state index in [9.17, 15) is 23.1 Å². The zero-order valence-electron chi connectivity index (χ0n) is 24.6. The number of hydrogen-bond donors (Lipinski definition) is 4. The van der Waals surface area contributed by atoms with Crippen molar-refractivity contribution in [1.82, 2.24) is 10.3 Å². The minimum atomic E-state index is -3.77. The van der Waals surface area contributed by atoms with E-state index >= 15 is 0 Å². The standard InChI is InChI=1S/C30H42N4O6S2/c1-19(28(37)31-11-12-34-13-15-40-16-14-34)22-9-10-30(3)17-23-26(20(2)25(30)27(22)36)33-29(41-23)32-24(35)18-42(38,39)21-7-5-4-6-8-21/h4-8,19-20,22,25,27,36H,9-18H2,1-3H3,(H,31,37)(H,32,33,35)/p+1/t19-,20-,22+,25+,27-,30+/m0/s1. The van der Waals surface area contributed by atoms with Gasteiger partial charge in [0, 0.05) is 16.7 Å². The van der Waals surface area contributed by atoms with Crippen LogP contribution in [-0.2, 0) is 30.6 Å². The van der Waals surface area contributed by atoms with Crippen LogP contribution in [0.1, 0.15) is 50.1 Å². The van der Waals surface area contributed by atoms with Crippen molar-refractivity contribution in [3.63, 3.8) is 0 Å². The molecule has 4 N–H and O–H groups in total. The zero-order valence-corrected chi connectivity index (χ0v) is 26.2. The Balaban J connectivity index is 1.22. The number of sulfone groups is 1. The van der Waals surface area contributed by atoms with Gasteiger partial charge in [-0.3, -0.25) is 9.59 Å². The van der Waals surface area contributed by atoms with Crippen molar-refractivity contribution in [2.45, 2.75) is 57.0 Å². The zero-order chi connectivity index (χ0) is 30.1. The summed E-state index contributed by atoms with van der Waals surface area (Å²) in [6.07, 6.45) is 1.71. The van der Waals surface area contributed by atoms with Gasteiger partial charge >= 0.3 is 0 Å². The van der Waals surface area contributed by atoms with Crippen LogP contribution in [0.2, 0.25) is 0 Å². The molecule has 0 radical (unpaired) electrons. The summed E-state index contributed by atoms with van der Waals surface area (Å²) in [5.41, 5.74) is 0.678. The number of nitrogens with one attached hydrogen (secondary N) is 3. The Morgan fingerprint density at radius 1 is 1.24 bits per heavy atom. The number of carbonyl (C=O) groups is 2. The lowest BCUT2D eigenvalue weighted by Gasteiger charge is -2.53. The van der Waals surface area contributed by atoms with Gasteiger partial charge in [-0.05, 0) is 48.6 Å². The third-order valence-corrected chi connectivity index (χ3v) is 12.2. The van der Waals surface area contributed by atoms with E-state index in [1.54, 1.807) is 18.2 Å². The largest absolute Gasteiger partial charge is 0.392 e. The summed E-state index contributed by atoms with van der Waals surface area (Å²) >= 11 is 1.38. The summed E-state index contributed by atoms with van der Waals surface area (Å²) < 4.78 is 30.7. The van der Waals surface area contributed by atoms with Gasteiger partial charge in [0.15, 0.2) is 15.0 Å². The summed E-state index contributed by atoms with van der Waals surface area (Å²) in [6.45, 7) is 11.1. The van der Waals surface area contributed by atoms with Gasteiger partial charge in [0.1, 0.15) is 18.8 Å². The molecule has 1 saturated heterocycles. The number of fused-ring (bicyclic) bond motifs is 2.